The Balaban J connectivity index is 1.54. The molecule has 310 valence electrons. The van der Waals surface area contributed by atoms with E-state index in [1.165, 1.54) is 57.8 Å². The van der Waals surface area contributed by atoms with Crippen LogP contribution < -0.4 is 17.2 Å². The molecule has 11 atom stereocenters. The van der Waals surface area contributed by atoms with E-state index in [4.69, 9.17) is 31.4 Å². The second-order valence-corrected chi connectivity index (χ2v) is 18.5. The summed E-state index contributed by atoms with van der Waals surface area (Å²) >= 11 is 0. The summed E-state index contributed by atoms with van der Waals surface area (Å²) in [6.07, 6.45) is 23.0. The van der Waals surface area contributed by atoms with Crippen molar-refractivity contribution in [2.45, 2.75) is 181 Å². The van der Waals surface area contributed by atoms with Crippen molar-refractivity contribution in [2.75, 3.05) is 52.5 Å². The Bertz CT molecular complexity index is 1020. The van der Waals surface area contributed by atoms with Crippen molar-refractivity contribution in [3.63, 3.8) is 0 Å². The molecule has 0 saturated heterocycles. The molecule has 5 unspecified atom stereocenters. The van der Waals surface area contributed by atoms with Gasteiger partial charge in [0.25, 0.3) is 0 Å². The van der Waals surface area contributed by atoms with Crippen molar-refractivity contribution in [3.05, 3.63) is 0 Å². The average Bonchev–Trinajstić information content (AvgIpc) is 3.51. The largest absolute Gasteiger partial charge is 0.378 e. The van der Waals surface area contributed by atoms with E-state index in [-0.39, 0.29) is 23.0 Å². The van der Waals surface area contributed by atoms with Crippen molar-refractivity contribution in [3.8, 4) is 0 Å². The zero-order valence-corrected chi connectivity index (χ0v) is 35.3. The molecule has 0 bridgehead atoms. The van der Waals surface area contributed by atoms with Gasteiger partial charge in [0, 0.05) is 44.7 Å². The third-order valence-electron chi connectivity index (χ3n) is 15.2. The SMILES string of the molecule is CCCCCCN(CCCCCC)C(=O)CC[C@@H](C)C1CC[C@H]2C3[C@H](OCCCN)CC4C[C@H](OCCCN)CCC4(C)[C@H]3C[C@H](OCCCN)C12C. The van der Waals surface area contributed by atoms with E-state index < -0.39 is 0 Å². The van der Waals surface area contributed by atoms with Crippen LogP contribution in [0, 0.1) is 46.3 Å². The molecule has 4 aliphatic rings. The summed E-state index contributed by atoms with van der Waals surface area (Å²) in [6, 6.07) is 0. The quantitative estimate of drug-likeness (QED) is 0.0759. The highest BCUT2D eigenvalue weighted by Crippen LogP contribution is 2.69. The van der Waals surface area contributed by atoms with Crippen molar-refractivity contribution in [2.24, 2.45) is 63.5 Å². The lowest BCUT2D eigenvalue weighted by atomic mass is 9.43. The molecule has 6 N–H and O–H groups in total. The number of carbonyl (C=O) groups is 1. The van der Waals surface area contributed by atoms with Gasteiger partial charge in [0.2, 0.25) is 5.91 Å². The van der Waals surface area contributed by atoms with Crippen LogP contribution in [-0.2, 0) is 19.0 Å². The van der Waals surface area contributed by atoms with Crippen LogP contribution in [-0.4, -0.2) is 81.7 Å². The van der Waals surface area contributed by atoms with Gasteiger partial charge in [-0.2, -0.15) is 0 Å². The number of carbonyl (C=O) groups excluding carboxylic acids is 1. The molecule has 4 rings (SSSR count). The van der Waals surface area contributed by atoms with Crippen LogP contribution >= 0.6 is 0 Å². The topological polar surface area (TPSA) is 126 Å². The van der Waals surface area contributed by atoms with Crippen molar-refractivity contribution in [1.29, 1.82) is 0 Å². The zero-order valence-electron chi connectivity index (χ0n) is 35.3. The minimum absolute atomic E-state index is 0.0550. The first-order valence-electron chi connectivity index (χ1n) is 22.9. The number of unbranched alkanes of at least 4 members (excludes halogenated alkanes) is 6. The molecule has 0 radical (unpaired) electrons. The lowest BCUT2D eigenvalue weighted by molar-refractivity contribution is -0.227. The van der Waals surface area contributed by atoms with Crippen LogP contribution in [0.3, 0.4) is 0 Å². The summed E-state index contributed by atoms with van der Waals surface area (Å²) in [5, 5.41) is 0. The first-order valence-corrected chi connectivity index (χ1v) is 22.9. The number of nitrogens with two attached hydrogens (primary N) is 3. The average molecular weight is 747 g/mol. The third-order valence-corrected chi connectivity index (χ3v) is 15.2. The fourth-order valence-electron chi connectivity index (χ4n) is 12.1. The standard InChI is InChI=1S/C45H86N4O4/c1-6-8-10-12-26-49(27-13-11-9-7-2)42(50)20-17-34(3)37-18-19-38-43-39(33-41(45(37,38)5)53-30-16-25-48)44(4)22-21-36(51-28-14-23-46)31-35(44)32-40(43)52-29-15-24-47/h34-41,43H,6-33,46-48H2,1-5H3/t34-,35?,36-,37?,38+,39+,40-,41+,43?,44?,45?/m1/s1. The molecular weight excluding hydrogens is 661 g/mol. The first-order chi connectivity index (χ1) is 25.7. The Morgan fingerprint density at radius 1 is 0.736 bits per heavy atom. The summed E-state index contributed by atoms with van der Waals surface area (Å²) < 4.78 is 20.4. The molecule has 1 amide bonds. The van der Waals surface area contributed by atoms with E-state index in [1.54, 1.807) is 0 Å². The van der Waals surface area contributed by atoms with Gasteiger partial charge in [0.15, 0.2) is 0 Å². The summed E-state index contributed by atoms with van der Waals surface area (Å²) in [6.45, 7) is 18.3. The zero-order chi connectivity index (χ0) is 38.3. The molecule has 8 nitrogen and oxygen atoms in total. The third kappa shape index (κ3) is 11.4. The second-order valence-electron chi connectivity index (χ2n) is 18.5. The Hall–Kier alpha value is -0.770. The molecule has 0 aromatic carbocycles. The van der Waals surface area contributed by atoms with Gasteiger partial charge < -0.3 is 36.3 Å². The van der Waals surface area contributed by atoms with Crippen molar-refractivity contribution in [1.82, 2.24) is 4.90 Å². The molecule has 8 heteroatoms. The number of hydrogen-bond donors (Lipinski definition) is 3. The predicted octanol–water partition coefficient (Wildman–Crippen LogP) is 8.47. The van der Waals surface area contributed by atoms with E-state index in [9.17, 15) is 4.79 Å². The molecule has 0 heterocycles. The van der Waals surface area contributed by atoms with Crippen LogP contribution in [0.2, 0.25) is 0 Å². The highest BCUT2D eigenvalue weighted by Gasteiger charge is 2.66. The minimum Gasteiger partial charge on any atom is -0.378 e. The summed E-state index contributed by atoms with van der Waals surface area (Å²) in [5.74, 6) is 3.63. The van der Waals surface area contributed by atoms with Crippen molar-refractivity contribution >= 4 is 5.91 Å². The van der Waals surface area contributed by atoms with Crippen LogP contribution in [0.15, 0.2) is 0 Å². The van der Waals surface area contributed by atoms with E-state index in [2.05, 4.69) is 39.5 Å². The van der Waals surface area contributed by atoms with Gasteiger partial charge >= 0.3 is 0 Å². The predicted molar refractivity (Wildman–Crippen MR) is 219 cm³/mol. The summed E-state index contributed by atoms with van der Waals surface area (Å²) in [4.78, 5) is 16.1. The lowest BCUT2D eigenvalue weighted by Gasteiger charge is -2.65. The highest BCUT2D eigenvalue weighted by atomic mass is 16.5. The summed E-state index contributed by atoms with van der Waals surface area (Å²) in [7, 11) is 0. The lowest BCUT2D eigenvalue weighted by Crippen LogP contribution is -2.63. The van der Waals surface area contributed by atoms with Gasteiger partial charge in [0.1, 0.15) is 0 Å². The van der Waals surface area contributed by atoms with Gasteiger partial charge in [-0.3, -0.25) is 4.79 Å². The Kier molecular flexibility index (Phi) is 19.4. The maximum absolute atomic E-state index is 13.9. The van der Waals surface area contributed by atoms with E-state index in [1.807, 2.05) is 0 Å². The first kappa shape index (κ1) is 44.9. The smallest absolute Gasteiger partial charge is 0.222 e. The van der Waals surface area contributed by atoms with Gasteiger partial charge in [-0.05, 0) is 144 Å². The van der Waals surface area contributed by atoms with Gasteiger partial charge in [-0.1, -0.05) is 73.1 Å². The normalized spacial score (nSPS) is 34.3. The molecule has 4 aliphatic carbocycles. The van der Waals surface area contributed by atoms with E-state index in [0.29, 0.717) is 73.6 Å². The fourth-order valence-corrected chi connectivity index (χ4v) is 12.1. The molecule has 0 aromatic rings. The number of fused-ring (bicyclic) bond motifs is 5. The van der Waals surface area contributed by atoms with E-state index >= 15 is 0 Å². The molecule has 0 aliphatic heterocycles. The molecule has 0 aromatic heterocycles. The van der Waals surface area contributed by atoms with Gasteiger partial charge in [-0.25, -0.2) is 0 Å². The van der Waals surface area contributed by atoms with Crippen LogP contribution in [0.25, 0.3) is 0 Å². The number of rotatable bonds is 26. The number of hydrogen-bond acceptors (Lipinski definition) is 7. The van der Waals surface area contributed by atoms with Gasteiger partial charge in [0.05, 0.1) is 18.3 Å². The Labute approximate surface area is 326 Å². The highest BCUT2D eigenvalue weighted by molar-refractivity contribution is 5.76. The monoisotopic (exact) mass is 747 g/mol. The van der Waals surface area contributed by atoms with Crippen LogP contribution in [0.5, 0.6) is 0 Å². The van der Waals surface area contributed by atoms with E-state index in [0.717, 1.165) is 97.1 Å². The maximum atomic E-state index is 13.9. The van der Waals surface area contributed by atoms with Crippen LogP contribution in [0.4, 0.5) is 0 Å². The Morgan fingerprint density at radius 2 is 1.36 bits per heavy atom. The minimum atomic E-state index is 0.0550. The van der Waals surface area contributed by atoms with Gasteiger partial charge in [-0.15, -0.1) is 0 Å². The fraction of sp³-hybridized carbons (Fsp3) is 0.978. The molecule has 0 spiro atoms. The number of ether oxygens (including phenoxy) is 3. The number of nitrogens with zero attached hydrogens (tertiary/aromatic N) is 1. The van der Waals surface area contributed by atoms with Crippen molar-refractivity contribution < 1.29 is 19.0 Å². The second kappa shape index (κ2) is 22.8. The maximum Gasteiger partial charge on any atom is 0.222 e. The molecular formula is C45H86N4O4. The molecule has 4 saturated carbocycles. The molecule has 4 fully saturated rings. The number of amides is 1. The molecule has 53 heavy (non-hydrogen) atoms. The van der Waals surface area contributed by atoms with Crippen LogP contribution in [0.1, 0.15) is 163 Å². The summed E-state index contributed by atoms with van der Waals surface area (Å²) in [5.41, 5.74) is 18.1. The Morgan fingerprint density at radius 3 is 1.98 bits per heavy atom.